The van der Waals surface area contributed by atoms with Crippen LogP contribution >= 0.6 is 0 Å². The van der Waals surface area contributed by atoms with Crippen molar-refractivity contribution < 1.29 is 54.7 Å². The van der Waals surface area contributed by atoms with Gasteiger partial charge < -0.3 is 54.7 Å². The van der Waals surface area contributed by atoms with Crippen molar-refractivity contribution in [2.24, 2.45) is 0 Å². The van der Waals surface area contributed by atoms with E-state index in [1.165, 1.54) is 13.0 Å². The first-order valence-electron chi connectivity index (χ1n) is 9.64. The number of aliphatic hydroxyl groups excluding tert-OH is 3. The molecule has 1 saturated heterocycles. The van der Waals surface area contributed by atoms with Crippen LogP contribution in [-0.2, 0) is 4.74 Å². The van der Waals surface area contributed by atoms with Gasteiger partial charge in [-0.05, 0) is 25.1 Å². The van der Waals surface area contributed by atoms with Crippen LogP contribution in [0.3, 0.4) is 0 Å². The molecule has 1 aromatic heterocycles. The SMILES string of the molecule is C[C@@H]1O[C@H](Oc2cc(O)c3c(=O)c(O)c(-c4ccc(O)c(O)c4)oc3c2O)[C@H](O)[C@H](O)[C@H]1O. The summed E-state index contributed by atoms with van der Waals surface area (Å²) in [5, 5.41) is 79.7. The molecule has 0 bridgehead atoms. The Morgan fingerprint density at radius 1 is 0.848 bits per heavy atom. The fourth-order valence-electron chi connectivity index (χ4n) is 3.49. The van der Waals surface area contributed by atoms with E-state index in [1.54, 1.807) is 0 Å². The molecule has 12 heteroatoms. The standard InChI is InChI=1S/C21H20O12/c1-6-13(25)16(28)18(30)21(31-6)32-11-5-10(24)12-15(27)17(29)19(33-20(12)14(11)26)7-2-3-8(22)9(23)4-7/h2-6,13,16,18,21-26,28-30H,1H3/t6-,13-,16+,18+,21+/m0/s1. The second-order valence-electron chi connectivity index (χ2n) is 7.56. The highest BCUT2D eigenvalue weighted by Gasteiger charge is 2.43. The molecule has 1 aliphatic rings. The molecule has 2 aromatic carbocycles. The van der Waals surface area contributed by atoms with Gasteiger partial charge in [-0.1, -0.05) is 0 Å². The monoisotopic (exact) mass is 464 g/mol. The summed E-state index contributed by atoms with van der Waals surface area (Å²) < 4.78 is 16.1. The van der Waals surface area contributed by atoms with Crippen LogP contribution in [0.25, 0.3) is 22.3 Å². The number of hydrogen-bond donors (Lipinski definition) is 8. The summed E-state index contributed by atoms with van der Waals surface area (Å²) in [5.74, 6) is -4.53. The van der Waals surface area contributed by atoms with Crippen molar-refractivity contribution in [2.45, 2.75) is 37.6 Å². The van der Waals surface area contributed by atoms with E-state index in [0.29, 0.717) is 0 Å². The number of benzene rings is 2. The minimum atomic E-state index is -1.73. The van der Waals surface area contributed by atoms with Crippen LogP contribution < -0.4 is 10.2 Å². The van der Waals surface area contributed by atoms with Crippen molar-refractivity contribution in [3.8, 4) is 45.8 Å². The number of aromatic hydroxyl groups is 5. The van der Waals surface area contributed by atoms with Gasteiger partial charge in [0.1, 0.15) is 29.4 Å². The smallest absolute Gasteiger partial charge is 0.238 e. The van der Waals surface area contributed by atoms with Crippen LogP contribution in [0.15, 0.2) is 33.5 Å². The first-order valence-corrected chi connectivity index (χ1v) is 9.64. The minimum Gasteiger partial charge on any atom is -0.507 e. The van der Waals surface area contributed by atoms with Gasteiger partial charge in [0, 0.05) is 11.6 Å². The van der Waals surface area contributed by atoms with E-state index in [-0.39, 0.29) is 5.56 Å². The van der Waals surface area contributed by atoms with Crippen molar-refractivity contribution in [2.75, 3.05) is 0 Å². The van der Waals surface area contributed by atoms with Crippen molar-refractivity contribution in [3.63, 3.8) is 0 Å². The first-order chi connectivity index (χ1) is 15.5. The second-order valence-corrected chi connectivity index (χ2v) is 7.56. The lowest BCUT2D eigenvalue weighted by molar-refractivity contribution is -0.268. The molecule has 3 aromatic rings. The summed E-state index contributed by atoms with van der Waals surface area (Å²) >= 11 is 0. The Hall–Kier alpha value is -3.71. The Morgan fingerprint density at radius 3 is 2.21 bits per heavy atom. The van der Waals surface area contributed by atoms with Crippen LogP contribution in [0.1, 0.15) is 6.92 Å². The summed E-state index contributed by atoms with van der Waals surface area (Å²) in [4.78, 5) is 12.7. The van der Waals surface area contributed by atoms with Gasteiger partial charge in [0.15, 0.2) is 28.6 Å². The summed E-state index contributed by atoms with van der Waals surface area (Å²) in [6, 6.07) is 4.11. The molecule has 2 heterocycles. The maximum absolute atomic E-state index is 12.7. The Kier molecular flexibility index (Phi) is 5.46. The predicted molar refractivity (Wildman–Crippen MR) is 109 cm³/mol. The lowest BCUT2D eigenvalue weighted by Crippen LogP contribution is -2.58. The zero-order valence-corrected chi connectivity index (χ0v) is 16.9. The van der Waals surface area contributed by atoms with Gasteiger partial charge >= 0.3 is 0 Å². The van der Waals surface area contributed by atoms with Gasteiger partial charge in [0.05, 0.1) is 6.10 Å². The number of phenolic OH excluding ortho intramolecular Hbond substituents is 4. The molecule has 33 heavy (non-hydrogen) atoms. The quantitative estimate of drug-likeness (QED) is 0.193. The number of hydrogen-bond acceptors (Lipinski definition) is 12. The largest absolute Gasteiger partial charge is 0.507 e. The molecule has 0 radical (unpaired) electrons. The molecule has 0 aliphatic carbocycles. The van der Waals surface area contributed by atoms with Gasteiger partial charge in [-0.15, -0.1) is 0 Å². The highest BCUT2D eigenvalue weighted by Crippen LogP contribution is 2.44. The van der Waals surface area contributed by atoms with Crippen LogP contribution in [0.5, 0.6) is 34.5 Å². The van der Waals surface area contributed by atoms with Crippen LogP contribution in [0.2, 0.25) is 0 Å². The topological polar surface area (TPSA) is 211 Å². The minimum absolute atomic E-state index is 0.0380. The van der Waals surface area contributed by atoms with E-state index in [1.807, 2.05) is 0 Å². The average Bonchev–Trinajstić information content (AvgIpc) is 2.77. The average molecular weight is 464 g/mol. The molecular formula is C21H20O12. The van der Waals surface area contributed by atoms with E-state index < -0.39 is 87.4 Å². The lowest BCUT2D eigenvalue weighted by atomic mass is 10.00. The number of rotatable bonds is 3. The maximum atomic E-state index is 12.7. The van der Waals surface area contributed by atoms with E-state index >= 15 is 0 Å². The molecule has 5 atom stereocenters. The molecule has 1 fully saturated rings. The summed E-state index contributed by atoms with van der Waals surface area (Å²) in [5.41, 5.74) is -1.75. The molecular weight excluding hydrogens is 444 g/mol. The molecule has 0 unspecified atom stereocenters. The van der Waals surface area contributed by atoms with Gasteiger partial charge in [-0.3, -0.25) is 4.79 Å². The Balaban J connectivity index is 1.84. The van der Waals surface area contributed by atoms with E-state index in [4.69, 9.17) is 13.9 Å². The van der Waals surface area contributed by atoms with Gasteiger partial charge in [0.25, 0.3) is 0 Å². The van der Waals surface area contributed by atoms with Crippen molar-refractivity contribution in [1.29, 1.82) is 0 Å². The molecule has 12 nitrogen and oxygen atoms in total. The van der Waals surface area contributed by atoms with Gasteiger partial charge in [-0.25, -0.2) is 0 Å². The van der Waals surface area contributed by atoms with Crippen LogP contribution in [0.4, 0.5) is 0 Å². The summed E-state index contributed by atoms with van der Waals surface area (Å²) in [6.45, 7) is 1.41. The van der Waals surface area contributed by atoms with Crippen molar-refractivity contribution in [1.82, 2.24) is 0 Å². The molecule has 0 spiro atoms. The normalized spacial score (nSPS) is 25.3. The third kappa shape index (κ3) is 3.64. The molecule has 4 rings (SSSR count). The van der Waals surface area contributed by atoms with Gasteiger partial charge in [0.2, 0.25) is 23.2 Å². The second kappa shape index (κ2) is 8.01. The lowest BCUT2D eigenvalue weighted by Gasteiger charge is -2.38. The Labute approximate surface area is 184 Å². The summed E-state index contributed by atoms with van der Waals surface area (Å²) in [7, 11) is 0. The zero-order valence-electron chi connectivity index (χ0n) is 16.9. The van der Waals surface area contributed by atoms with Gasteiger partial charge in [-0.2, -0.15) is 0 Å². The number of aliphatic hydroxyl groups is 3. The molecule has 1 aliphatic heterocycles. The predicted octanol–water partition coefficient (Wildman–Crippen LogP) is 0.194. The maximum Gasteiger partial charge on any atom is 0.238 e. The first kappa shape index (κ1) is 22.5. The van der Waals surface area contributed by atoms with Crippen molar-refractivity contribution in [3.05, 3.63) is 34.5 Å². The zero-order chi connectivity index (χ0) is 24.2. The molecule has 8 N–H and O–H groups in total. The highest BCUT2D eigenvalue weighted by molar-refractivity contribution is 5.93. The van der Waals surface area contributed by atoms with E-state index in [2.05, 4.69) is 0 Å². The third-order valence-electron chi connectivity index (χ3n) is 5.35. The highest BCUT2D eigenvalue weighted by atomic mass is 16.7. The van der Waals surface area contributed by atoms with Crippen LogP contribution in [0, 0.1) is 0 Å². The molecule has 0 saturated carbocycles. The third-order valence-corrected chi connectivity index (χ3v) is 5.35. The van der Waals surface area contributed by atoms with E-state index in [9.17, 15) is 45.6 Å². The number of fused-ring (bicyclic) bond motifs is 1. The summed E-state index contributed by atoms with van der Waals surface area (Å²) in [6.07, 6.45) is -7.27. The number of ether oxygens (including phenoxy) is 2. The van der Waals surface area contributed by atoms with Crippen molar-refractivity contribution >= 4 is 11.0 Å². The molecule has 176 valence electrons. The van der Waals surface area contributed by atoms with E-state index in [0.717, 1.165) is 18.2 Å². The number of phenols is 4. The fourth-order valence-corrected chi connectivity index (χ4v) is 3.49. The molecule has 0 amide bonds. The Morgan fingerprint density at radius 2 is 1.55 bits per heavy atom. The Bertz CT molecular complexity index is 1280. The van der Waals surface area contributed by atoms with Crippen LogP contribution in [-0.4, -0.2) is 71.6 Å². The fraction of sp³-hybridized carbons (Fsp3) is 0.286.